The van der Waals surface area contributed by atoms with E-state index in [1.807, 2.05) is 54.7 Å². The number of pyridine rings is 1. The van der Waals surface area contributed by atoms with Crippen LogP contribution < -0.4 is 26.8 Å². The first-order chi connectivity index (χ1) is 25.3. The van der Waals surface area contributed by atoms with Crippen molar-refractivity contribution in [2.45, 2.75) is 50.9 Å². The van der Waals surface area contributed by atoms with Crippen molar-refractivity contribution in [1.82, 2.24) is 45.2 Å². The van der Waals surface area contributed by atoms with Gasteiger partial charge in [-0.25, -0.2) is 14.5 Å². The molecule has 0 spiro atoms. The zero-order chi connectivity index (χ0) is 35.8. The molecule has 0 saturated carbocycles. The zero-order valence-corrected chi connectivity index (χ0v) is 29.5. The van der Waals surface area contributed by atoms with Crippen LogP contribution in [0.2, 0.25) is 10.0 Å². The standard InChI is InChI=1S/C38H35Cl2N9O3/c39-35-28(22-11-12-48-32(13-22)43-16-24(38(48)52)15-42-20-27-8-10-34(51)47-27)3-1-5-30(35)31-6-2-4-29(36(31)40)25-17-44-37-23(18-45-49(37)21-25)14-41-19-26-7-9-33(50)46-26/h1-6,11-13,16-18,21,26-27,41-42H,7-10,14-15,19-20H2,(H,46,50)(H,47,51)/t26-,27+/m1/s1. The Morgan fingerprint density at radius 1 is 0.731 bits per heavy atom. The Bertz CT molecular complexity index is 2410. The van der Waals surface area contributed by atoms with E-state index in [1.165, 1.54) is 4.40 Å². The van der Waals surface area contributed by atoms with Crippen molar-refractivity contribution in [3.05, 3.63) is 111 Å². The molecule has 2 fully saturated rings. The Morgan fingerprint density at radius 3 is 1.98 bits per heavy atom. The topological polar surface area (TPSA) is 147 Å². The van der Waals surface area contributed by atoms with Crippen molar-refractivity contribution in [3.8, 4) is 33.4 Å². The van der Waals surface area contributed by atoms with Gasteiger partial charge in [0.25, 0.3) is 5.56 Å². The molecule has 12 nitrogen and oxygen atoms in total. The Balaban J connectivity index is 1.01. The highest BCUT2D eigenvalue weighted by atomic mass is 35.5. The van der Waals surface area contributed by atoms with Crippen LogP contribution in [0.5, 0.6) is 0 Å². The third-order valence-electron chi connectivity index (χ3n) is 9.70. The molecule has 2 saturated heterocycles. The minimum Gasteiger partial charge on any atom is -0.352 e. The minimum absolute atomic E-state index is 0.0617. The summed E-state index contributed by atoms with van der Waals surface area (Å²) < 4.78 is 3.27. The number of hydrogen-bond donors (Lipinski definition) is 4. The molecule has 52 heavy (non-hydrogen) atoms. The van der Waals surface area contributed by atoms with Gasteiger partial charge in [-0.2, -0.15) is 5.10 Å². The largest absolute Gasteiger partial charge is 0.352 e. The van der Waals surface area contributed by atoms with Crippen LogP contribution in [-0.4, -0.2) is 61.0 Å². The SMILES string of the molecule is O=C1CC[C@H](CNCc2cnn3cc(-c4cccc(-c5cccc(-c6ccn7c(=O)c(CNC[C@@H]8CCC(=O)N8)cnc7c6)c5Cl)c4Cl)cnc23)N1. The molecular formula is C38H35Cl2N9O3. The lowest BCUT2D eigenvalue weighted by Gasteiger charge is -2.15. The highest BCUT2D eigenvalue weighted by Crippen LogP contribution is 2.42. The highest BCUT2D eigenvalue weighted by Gasteiger charge is 2.22. The van der Waals surface area contributed by atoms with Crippen LogP contribution >= 0.6 is 23.2 Å². The van der Waals surface area contributed by atoms with E-state index in [1.54, 1.807) is 29.3 Å². The molecule has 4 N–H and O–H groups in total. The first-order valence-electron chi connectivity index (χ1n) is 17.2. The Morgan fingerprint density at radius 2 is 1.35 bits per heavy atom. The third-order valence-corrected chi connectivity index (χ3v) is 10.5. The number of carbonyl (C=O) groups excluding carboxylic acids is 2. The van der Waals surface area contributed by atoms with E-state index in [9.17, 15) is 14.4 Å². The van der Waals surface area contributed by atoms with Crippen LogP contribution in [-0.2, 0) is 22.7 Å². The molecule has 2 aliphatic heterocycles. The van der Waals surface area contributed by atoms with Crippen LogP contribution in [0, 0.1) is 0 Å². The predicted molar refractivity (Wildman–Crippen MR) is 200 cm³/mol. The van der Waals surface area contributed by atoms with Gasteiger partial charge in [0.05, 0.1) is 16.2 Å². The van der Waals surface area contributed by atoms with E-state index in [2.05, 4.69) is 31.3 Å². The van der Waals surface area contributed by atoms with Gasteiger partial charge in [-0.05, 0) is 30.5 Å². The summed E-state index contributed by atoms with van der Waals surface area (Å²) in [5.41, 5.74) is 7.27. The maximum Gasteiger partial charge on any atom is 0.262 e. The van der Waals surface area contributed by atoms with Crippen LogP contribution in [0.3, 0.4) is 0 Å². The summed E-state index contributed by atoms with van der Waals surface area (Å²) in [4.78, 5) is 45.5. The zero-order valence-electron chi connectivity index (χ0n) is 28.0. The first kappa shape index (κ1) is 34.0. The van der Waals surface area contributed by atoms with Crippen LogP contribution in [0.25, 0.3) is 44.7 Å². The minimum atomic E-state index is -0.158. The average molecular weight is 737 g/mol. The number of nitrogens with one attached hydrogen (secondary N) is 4. The maximum absolute atomic E-state index is 13.3. The van der Waals surface area contributed by atoms with Crippen LogP contribution in [0.1, 0.15) is 36.8 Å². The number of fused-ring (bicyclic) bond motifs is 2. The van der Waals surface area contributed by atoms with E-state index in [-0.39, 0.29) is 29.5 Å². The molecule has 2 aliphatic rings. The molecular weight excluding hydrogens is 701 g/mol. The van der Waals surface area contributed by atoms with Gasteiger partial charge < -0.3 is 21.3 Å². The van der Waals surface area contributed by atoms with Gasteiger partial charge in [0.15, 0.2) is 5.65 Å². The van der Waals surface area contributed by atoms with Crippen molar-refractivity contribution in [1.29, 1.82) is 0 Å². The molecule has 4 aromatic heterocycles. The van der Waals surface area contributed by atoms with E-state index in [4.69, 9.17) is 28.2 Å². The molecule has 8 rings (SSSR count). The molecule has 264 valence electrons. The summed E-state index contributed by atoms with van der Waals surface area (Å²) in [7, 11) is 0. The lowest BCUT2D eigenvalue weighted by atomic mass is 9.96. The second-order valence-electron chi connectivity index (χ2n) is 13.2. The lowest BCUT2D eigenvalue weighted by molar-refractivity contribution is -0.120. The van der Waals surface area contributed by atoms with E-state index < -0.39 is 0 Å². The van der Waals surface area contributed by atoms with Crippen molar-refractivity contribution in [2.24, 2.45) is 0 Å². The van der Waals surface area contributed by atoms with Crippen molar-refractivity contribution < 1.29 is 9.59 Å². The first-order valence-corrected chi connectivity index (χ1v) is 18.0. The van der Waals surface area contributed by atoms with Gasteiger partial charge in [0.2, 0.25) is 11.8 Å². The predicted octanol–water partition coefficient (Wildman–Crippen LogP) is 4.78. The number of halogens is 2. The fourth-order valence-electron chi connectivity index (χ4n) is 6.94. The molecule has 6 aromatic rings. The van der Waals surface area contributed by atoms with Crippen molar-refractivity contribution >= 4 is 46.3 Å². The van der Waals surface area contributed by atoms with Crippen LogP contribution in [0.4, 0.5) is 0 Å². The number of carbonyl (C=O) groups is 2. The number of amides is 2. The fourth-order valence-corrected chi connectivity index (χ4v) is 7.61. The van der Waals surface area contributed by atoms with Crippen LogP contribution in [0.15, 0.2) is 84.3 Å². The smallest absolute Gasteiger partial charge is 0.262 e. The fraction of sp³-hybridized carbons (Fsp3) is 0.263. The van der Waals surface area contributed by atoms with Gasteiger partial charge in [0.1, 0.15) is 5.65 Å². The highest BCUT2D eigenvalue weighted by molar-refractivity contribution is 6.39. The summed E-state index contributed by atoms with van der Waals surface area (Å²) in [5, 5.41) is 18.1. The van der Waals surface area contributed by atoms with E-state index in [0.29, 0.717) is 60.3 Å². The monoisotopic (exact) mass is 735 g/mol. The van der Waals surface area contributed by atoms with Gasteiger partial charge >= 0.3 is 0 Å². The second-order valence-corrected chi connectivity index (χ2v) is 14.0. The Labute approximate surface area is 308 Å². The van der Waals surface area contributed by atoms with Gasteiger partial charge in [-0.3, -0.25) is 18.8 Å². The molecule has 14 heteroatoms. The molecule has 6 heterocycles. The number of benzene rings is 2. The number of aromatic nitrogens is 5. The number of hydrogen-bond acceptors (Lipinski definition) is 8. The maximum atomic E-state index is 13.3. The molecule has 0 aliphatic carbocycles. The van der Waals surface area contributed by atoms with E-state index in [0.717, 1.165) is 57.4 Å². The van der Waals surface area contributed by atoms with E-state index >= 15 is 0 Å². The third kappa shape index (κ3) is 6.78. The number of nitrogens with zero attached hydrogens (tertiary/aromatic N) is 5. The average Bonchev–Trinajstić information content (AvgIpc) is 3.89. The molecule has 2 atom stereocenters. The molecule has 0 radical (unpaired) electrons. The second kappa shape index (κ2) is 14.5. The normalized spacial score (nSPS) is 17.3. The summed E-state index contributed by atoms with van der Waals surface area (Å²) in [6.07, 6.45) is 11.5. The Kier molecular flexibility index (Phi) is 9.45. The Hall–Kier alpha value is -5.14. The molecule has 0 unspecified atom stereocenters. The summed E-state index contributed by atoms with van der Waals surface area (Å²) >= 11 is 14.2. The molecule has 0 bridgehead atoms. The van der Waals surface area contributed by atoms with Gasteiger partial charge in [-0.15, -0.1) is 0 Å². The van der Waals surface area contributed by atoms with Gasteiger partial charge in [-0.1, -0.05) is 59.6 Å². The van der Waals surface area contributed by atoms with Crippen molar-refractivity contribution in [3.63, 3.8) is 0 Å². The summed E-state index contributed by atoms with van der Waals surface area (Å²) in [5.74, 6) is 0.163. The number of rotatable bonds is 11. The summed E-state index contributed by atoms with van der Waals surface area (Å²) in [6, 6.07) is 15.5. The quantitative estimate of drug-likeness (QED) is 0.149. The summed E-state index contributed by atoms with van der Waals surface area (Å²) in [6.45, 7) is 2.21. The molecule has 2 aromatic carbocycles. The van der Waals surface area contributed by atoms with Gasteiger partial charge in [0, 0.05) is 115 Å². The van der Waals surface area contributed by atoms with Crippen molar-refractivity contribution in [2.75, 3.05) is 13.1 Å². The lowest BCUT2D eigenvalue weighted by Crippen LogP contribution is -2.36. The molecule has 2 amide bonds.